The van der Waals surface area contributed by atoms with Crippen LogP contribution < -0.4 is 9.80 Å². The SMILES string of the molecule is CN(C(=O)CN1C(=O)CN=C(c2ccccc2F)c2cc(Cl)ccc21)c1ccccc1. The van der Waals surface area contributed by atoms with Gasteiger partial charge in [-0.25, -0.2) is 4.39 Å². The van der Waals surface area contributed by atoms with Gasteiger partial charge in [0.1, 0.15) is 18.9 Å². The van der Waals surface area contributed by atoms with E-state index in [2.05, 4.69) is 4.99 Å². The van der Waals surface area contributed by atoms with Gasteiger partial charge in [0, 0.05) is 28.9 Å². The Balaban J connectivity index is 1.73. The summed E-state index contributed by atoms with van der Waals surface area (Å²) in [6.07, 6.45) is 0. The molecule has 0 saturated heterocycles. The van der Waals surface area contributed by atoms with Gasteiger partial charge in [0.15, 0.2) is 0 Å². The number of carbonyl (C=O) groups is 2. The van der Waals surface area contributed by atoms with E-state index in [1.165, 1.54) is 15.9 Å². The number of hydrogen-bond acceptors (Lipinski definition) is 3. The Kier molecular flexibility index (Phi) is 5.82. The van der Waals surface area contributed by atoms with Crippen LogP contribution in [0.15, 0.2) is 77.8 Å². The predicted molar refractivity (Wildman–Crippen MR) is 121 cm³/mol. The number of rotatable bonds is 4. The number of hydrogen-bond donors (Lipinski definition) is 0. The first-order valence-corrected chi connectivity index (χ1v) is 10.0. The van der Waals surface area contributed by atoms with Crippen LogP contribution in [0.4, 0.5) is 15.8 Å². The van der Waals surface area contributed by atoms with Crippen LogP contribution in [-0.2, 0) is 9.59 Å². The minimum atomic E-state index is -0.451. The van der Waals surface area contributed by atoms with Crippen molar-refractivity contribution in [3.8, 4) is 0 Å². The highest BCUT2D eigenvalue weighted by Crippen LogP contribution is 2.30. The molecule has 1 aliphatic rings. The highest BCUT2D eigenvalue weighted by atomic mass is 35.5. The molecule has 0 fully saturated rings. The molecule has 1 aliphatic heterocycles. The van der Waals surface area contributed by atoms with Crippen molar-refractivity contribution in [2.45, 2.75) is 0 Å². The highest BCUT2D eigenvalue weighted by Gasteiger charge is 2.29. The Morgan fingerprint density at radius 2 is 1.77 bits per heavy atom. The smallest absolute Gasteiger partial charge is 0.249 e. The lowest BCUT2D eigenvalue weighted by molar-refractivity contribution is -0.121. The molecule has 3 aromatic rings. The molecule has 31 heavy (non-hydrogen) atoms. The molecular formula is C24H19ClFN3O2. The van der Waals surface area contributed by atoms with Crippen LogP contribution in [0.3, 0.4) is 0 Å². The molecule has 4 rings (SSSR count). The minimum absolute atomic E-state index is 0.182. The molecule has 0 radical (unpaired) electrons. The first-order chi connectivity index (χ1) is 15.0. The summed E-state index contributed by atoms with van der Waals surface area (Å²) in [6, 6.07) is 20.3. The van der Waals surface area contributed by atoms with Crippen LogP contribution >= 0.6 is 11.6 Å². The summed E-state index contributed by atoms with van der Waals surface area (Å²) in [5, 5.41) is 0.421. The van der Waals surface area contributed by atoms with Crippen LogP contribution in [0.25, 0.3) is 0 Å². The molecule has 3 aromatic carbocycles. The van der Waals surface area contributed by atoms with E-state index in [0.717, 1.165) is 5.69 Å². The molecule has 7 heteroatoms. The third-order valence-electron chi connectivity index (χ3n) is 5.12. The molecule has 2 amide bonds. The van der Waals surface area contributed by atoms with Crippen LogP contribution in [0.2, 0.25) is 5.02 Å². The third kappa shape index (κ3) is 4.20. The van der Waals surface area contributed by atoms with Crippen molar-refractivity contribution in [3.63, 3.8) is 0 Å². The van der Waals surface area contributed by atoms with E-state index in [1.54, 1.807) is 43.4 Å². The highest BCUT2D eigenvalue weighted by molar-refractivity contribution is 6.32. The zero-order chi connectivity index (χ0) is 22.0. The summed E-state index contributed by atoms with van der Waals surface area (Å²) in [4.78, 5) is 33.2. The van der Waals surface area contributed by atoms with E-state index in [1.807, 2.05) is 30.3 Å². The lowest BCUT2D eigenvalue weighted by Crippen LogP contribution is -2.42. The zero-order valence-corrected chi connectivity index (χ0v) is 17.5. The molecule has 0 bridgehead atoms. The molecule has 0 spiro atoms. The van der Waals surface area contributed by atoms with E-state index < -0.39 is 5.82 Å². The van der Waals surface area contributed by atoms with Crippen LogP contribution in [0.5, 0.6) is 0 Å². The standard InChI is InChI=1S/C24H19ClFN3O2/c1-28(17-7-3-2-4-8-17)23(31)15-29-21-12-11-16(25)13-19(21)24(27-14-22(29)30)18-9-5-6-10-20(18)26/h2-13H,14-15H2,1H3. The topological polar surface area (TPSA) is 53.0 Å². The molecule has 5 nitrogen and oxygen atoms in total. The number of para-hydroxylation sites is 1. The van der Waals surface area contributed by atoms with Gasteiger partial charge < -0.3 is 9.80 Å². The Labute approximate surface area is 184 Å². The minimum Gasteiger partial charge on any atom is -0.314 e. The number of anilines is 2. The zero-order valence-electron chi connectivity index (χ0n) is 16.8. The maximum absolute atomic E-state index is 14.5. The van der Waals surface area contributed by atoms with Crippen molar-refractivity contribution in [1.82, 2.24) is 0 Å². The largest absolute Gasteiger partial charge is 0.314 e. The Hall–Kier alpha value is -3.51. The first-order valence-electron chi connectivity index (χ1n) is 9.67. The number of nitrogens with zero attached hydrogens (tertiary/aromatic N) is 3. The fourth-order valence-electron chi connectivity index (χ4n) is 3.48. The molecule has 0 aliphatic carbocycles. The van der Waals surface area contributed by atoms with Gasteiger partial charge in [-0.05, 0) is 42.5 Å². The van der Waals surface area contributed by atoms with E-state index in [-0.39, 0.29) is 30.5 Å². The molecule has 0 N–H and O–H groups in total. The lowest BCUT2D eigenvalue weighted by Gasteiger charge is -2.26. The van der Waals surface area contributed by atoms with Crippen molar-refractivity contribution >= 4 is 40.5 Å². The third-order valence-corrected chi connectivity index (χ3v) is 5.35. The van der Waals surface area contributed by atoms with E-state index in [0.29, 0.717) is 22.0 Å². The van der Waals surface area contributed by atoms with Crippen molar-refractivity contribution in [1.29, 1.82) is 0 Å². The second kappa shape index (κ2) is 8.70. The average Bonchev–Trinajstić information content (AvgIpc) is 2.91. The Bertz CT molecular complexity index is 1180. The maximum Gasteiger partial charge on any atom is 0.249 e. The summed E-state index contributed by atoms with van der Waals surface area (Å²) in [6.45, 7) is -0.392. The fraction of sp³-hybridized carbons (Fsp3) is 0.125. The lowest BCUT2D eigenvalue weighted by atomic mass is 9.99. The second-order valence-corrected chi connectivity index (χ2v) is 7.51. The van der Waals surface area contributed by atoms with Gasteiger partial charge in [0.25, 0.3) is 0 Å². The molecule has 1 heterocycles. The summed E-state index contributed by atoms with van der Waals surface area (Å²) in [5.74, 6) is -1.08. The Morgan fingerprint density at radius 1 is 1.06 bits per heavy atom. The summed E-state index contributed by atoms with van der Waals surface area (Å²) in [7, 11) is 1.66. The van der Waals surface area contributed by atoms with Gasteiger partial charge in [-0.3, -0.25) is 14.6 Å². The summed E-state index contributed by atoms with van der Waals surface area (Å²) >= 11 is 6.22. The number of likely N-dealkylation sites (N-methyl/N-ethyl adjacent to an activating group) is 1. The fourth-order valence-corrected chi connectivity index (χ4v) is 3.65. The molecular weight excluding hydrogens is 417 g/mol. The summed E-state index contributed by atoms with van der Waals surface area (Å²) < 4.78 is 14.5. The molecule has 0 atom stereocenters. The number of amides is 2. The van der Waals surface area contributed by atoms with Gasteiger partial charge in [0.05, 0.1) is 11.4 Å². The van der Waals surface area contributed by atoms with Crippen LogP contribution in [-0.4, -0.2) is 37.7 Å². The van der Waals surface area contributed by atoms with Crippen molar-refractivity contribution in [2.24, 2.45) is 4.99 Å². The van der Waals surface area contributed by atoms with Gasteiger partial charge >= 0.3 is 0 Å². The van der Waals surface area contributed by atoms with Gasteiger partial charge in [-0.1, -0.05) is 41.9 Å². The molecule has 0 unspecified atom stereocenters. The van der Waals surface area contributed by atoms with Crippen molar-refractivity contribution in [3.05, 3.63) is 94.8 Å². The van der Waals surface area contributed by atoms with Gasteiger partial charge in [-0.2, -0.15) is 0 Å². The van der Waals surface area contributed by atoms with Gasteiger partial charge in [-0.15, -0.1) is 0 Å². The monoisotopic (exact) mass is 435 g/mol. The van der Waals surface area contributed by atoms with Crippen molar-refractivity contribution in [2.75, 3.05) is 29.9 Å². The van der Waals surface area contributed by atoms with Crippen molar-refractivity contribution < 1.29 is 14.0 Å². The maximum atomic E-state index is 14.5. The molecule has 0 saturated carbocycles. The number of benzene rings is 3. The van der Waals surface area contributed by atoms with E-state index in [9.17, 15) is 14.0 Å². The molecule has 0 aromatic heterocycles. The average molecular weight is 436 g/mol. The quantitative estimate of drug-likeness (QED) is 0.612. The van der Waals surface area contributed by atoms with Gasteiger partial charge in [0.2, 0.25) is 11.8 Å². The predicted octanol–water partition coefficient (Wildman–Crippen LogP) is 4.33. The van der Waals surface area contributed by atoms with E-state index in [4.69, 9.17) is 11.6 Å². The first kappa shape index (κ1) is 20.8. The normalized spacial score (nSPS) is 13.3. The molecule has 156 valence electrons. The number of benzodiazepines with no additional fused rings is 1. The number of carbonyl (C=O) groups excluding carboxylic acids is 2. The Morgan fingerprint density at radius 3 is 2.52 bits per heavy atom. The summed E-state index contributed by atoms with van der Waals surface area (Å²) in [5.41, 5.74) is 2.28. The number of aliphatic imine (C=N–C) groups is 1. The second-order valence-electron chi connectivity index (χ2n) is 7.07. The van der Waals surface area contributed by atoms with E-state index >= 15 is 0 Å². The number of halogens is 2. The number of fused-ring (bicyclic) bond motifs is 1. The van der Waals surface area contributed by atoms with Crippen LogP contribution in [0, 0.1) is 5.82 Å². The van der Waals surface area contributed by atoms with Crippen LogP contribution in [0.1, 0.15) is 11.1 Å².